The highest BCUT2D eigenvalue weighted by molar-refractivity contribution is 6.24. The number of rotatable bonds is 4. The fourth-order valence-corrected chi connectivity index (χ4v) is 2.48. The van der Waals surface area contributed by atoms with Crippen LogP contribution in [0.3, 0.4) is 0 Å². The number of fused-ring (bicyclic) bond motifs is 1. The number of non-ortho nitro benzene ring substituents is 1. The predicted octanol–water partition coefficient (Wildman–Crippen LogP) is 4.21. The number of allylic oxidation sites excluding steroid dienone is 1. The highest BCUT2D eigenvalue weighted by Crippen LogP contribution is 2.24. The van der Waals surface area contributed by atoms with Gasteiger partial charge < -0.3 is 4.98 Å². The molecule has 2 aromatic carbocycles. The van der Waals surface area contributed by atoms with Crippen molar-refractivity contribution in [3.05, 3.63) is 76.0 Å². The number of nitrogens with zero attached hydrogens (tertiary/aromatic N) is 1. The van der Waals surface area contributed by atoms with Gasteiger partial charge in [0, 0.05) is 28.6 Å². The van der Waals surface area contributed by atoms with E-state index in [0.29, 0.717) is 16.8 Å². The van der Waals surface area contributed by atoms with Gasteiger partial charge in [0.25, 0.3) is 5.69 Å². The summed E-state index contributed by atoms with van der Waals surface area (Å²) in [6.45, 7) is 1.48. The van der Waals surface area contributed by atoms with Crippen LogP contribution in [-0.2, 0) is 4.79 Å². The van der Waals surface area contributed by atoms with E-state index in [2.05, 4.69) is 4.98 Å². The third-order valence-electron chi connectivity index (χ3n) is 3.59. The molecule has 23 heavy (non-hydrogen) atoms. The lowest BCUT2D eigenvalue weighted by Gasteiger charge is -2.02. The van der Waals surface area contributed by atoms with Crippen LogP contribution in [0.1, 0.15) is 18.2 Å². The smallest absolute Gasteiger partial charge is 0.270 e. The first-order chi connectivity index (χ1) is 11.0. The van der Waals surface area contributed by atoms with Crippen molar-refractivity contribution in [3.63, 3.8) is 0 Å². The number of H-pyrrole nitrogens is 1. The summed E-state index contributed by atoms with van der Waals surface area (Å²) in [4.78, 5) is 25.7. The second-order valence-corrected chi connectivity index (χ2v) is 5.24. The quantitative estimate of drug-likeness (QED) is 0.446. The van der Waals surface area contributed by atoms with Gasteiger partial charge in [-0.05, 0) is 30.7 Å². The number of para-hydroxylation sites is 1. The van der Waals surface area contributed by atoms with Crippen molar-refractivity contribution in [3.8, 4) is 0 Å². The molecular formula is C18H14N2O3. The lowest BCUT2D eigenvalue weighted by atomic mass is 10.0. The Hall–Kier alpha value is -3.21. The van der Waals surface area contributed by atoms with Crippen molar-refractivity contribution in [1.29, 1.82) is 0 Å². The molecule has 0 bridgehead atoms. The maximum atomic E-state index is 12.0. The van der Waals surface area contributed by atoms with E-state index in [0.717, 1.165) is 10.9 Å². The monoisotopic (exact) mass is 306 g/mol. The molecule has 0 atom stereocenters. The van der Waals surface area contributed by atoms with Crippen LogP contribution in [0, 0.1) is 10.1 Å². The second-order valence-electron chi connectivity index (χ2n) is 5.24. The fraction of sp³-hybridized carbons (Fsp3) is 0.0556. The Bertz CT molecular complexity index is 905. The minimum Gasteiger partial charge on any atom is -0.354 e. The van der Waals surface area contributed by atoms with E-state index in [-0.39, 0.29) is 11.5 Å². The lowest BCUT2D eigenvalue weighted by Crippen LogP contribution is -1.96. The minimum absolute atomic E-state index is 0.00158. The summed E-state index contributed by atoms with van der Waals surface area (Å²) in [6.07, 6.45) is 1.67. The number of nitrogens with one attached hydrogen (secondary N) is 1. The Labute approximate surface area is 132 Å². The van der Waals surface area contributed by atoms with Crippen molar-refractivity contribution in [2.75, 3.05) is 0 Å². The van der Waals surface area contributed by atoms with Crippen LogP contribution in [0.25, 0.3) is 22.6 Å². The number of carbonyl (C=O) groups is 1. The summed E-state index contributed by atoms with van der Waals surface area (Å²) >= 11 is 0. The van der Waals surface area contributed by atoms with Gasteiger partial charge in [0.15, 0.2) is 5.78 Å². The van der Waals surface area contributed by atoms with Crippen molar-refractivity contribution in [2.24, 2.45) is 0 Å². The zero-order valence-corrected chi connectivity index (χ0v) is 12.4. The number of benzene rings is 2. The van der Waals surface area contributed by atoms with E-state index in [1.165, 1.54) is 19.1 Å². The Kier molecular flexibility index (Phi) is 3.76. The summed E-state index contributed by atoms with van der Waals surface area (Å²) in [7, 11) is 0. The molecule has 5 nitrogen and oxygen atoms in total. The van der Waals surface area contributed by atoms with Crippen LogP contribution < -0.4 is 0 Å². The zero-order valence-electron chi connectivity index (χ0n) is 12.4. The second kappa shape index (κ2) is 5.88. The fourth-order valence-electron chi connectivity index (χ4n) is 2.48. The molecule has 5 heteroatoms. The number of hydrogen-bond acceptors (Lipinski definition) is 3. The molecule has 0 saturated heterocycles. The van der Waals surface area contributed by atoms with Crippen LogP contribution >= 0.6 is 0 Å². The number of carbonyl (C=O) groups excluding carboxylic acids is 1. The maximum absolute atomic E-state index is 12.0. The van der Waals surface area contributed by atoms with E-state index >= 15 is 0 Å². The molecule has 0 spiro atoms. The van der Waals surface area contributed by atoms with Gasteiger partial charge in [-0.25, -0.2) is 0 Å². The van der Waals surface area contributed by atoms with Crippen molar-refractivity contribution < 1.29 is 9.72 Å². The van der Waals surface area contributed by atoms with Gasteiger partial charge in [-0.2, -0.15) is 0 Å². The van der Waals surface area contributed by atoms with Crippen LogP contribution in [0.2, 0.25) is 0 Å². The summed E-state index contributed by atoms with van der Waals surface area (Å²) in [6, 6.07) is 15.9. The number of aromatic amines is 1. The van der Waals surface area contributed by atoms with Crippen molar-refractivity contribution >= 4 is 34.0 Å². The maximum Gasteiger partial charge on any atom is 0.270 e. The molecule has 1 N–H and O–H groups in total. The normalized spacial score (nSPS) is 11.6. The summed E-state index contributed by atoms with van der Waals surface area (Å²) in [5, 5.41) is 11.9. The Morgan fingerprint density at radius 3 is 2.61 bits per heavy atom. The summed E-state index contributed by atoms with van der Waals surface area (Å²) in [5.41, 5.74) is 2.74. The Balaban J connectivity index is 2.09. The minimum atomic E-state index is -0.451. The van der Waals surface area contributed by atoms with Gasteiger partial charge in [0.2, 0.25) is 0 Å². The van der Waals surface area contributed by atoms with Gasteiger partial charge in [-0.1, -0.05) is 30.3 Å². The average molecular weight is 306 g/mol. The van der Waals surface area contributed by atoms with Gasteiger partial charge in [0.1, 0.15) is 0 Å². The van der Waals surface area contributed by atoms with E-state index in [1.54, 1.807) is 18.2 Å². The zero-order chi connectivity index (χ0) is 16.4. The number of aromatic nitrogens is 1. The van der Waals surface area contributed by atoms with E-state index in [4.69, 9.17) is 0 Å². The molecule has 0 saturated carbocycles. The van der Waals surface area contributed by atoms with Gasteiger partial charge in [-0.3, -0.25) is 14.9 Å². The topological polar surface area (TPSA) is 76.0 Å². The molecule has 114 valence electrons. The molecule has 3 rings (SSSR count). The van der Waals surface area contributed by atoms with E-state index in [9.17, 15) is 14.9 Å². The third-order valence-corrected chi connectivity index (χ3v) is 3.59. The molecule has 0 fully saturated rings. The van der Waals surface area contributed by atoms with Crippen LogP contribution in [-0.4, -0.2) is 15.7 Å². The summed E-state index contributed by atoms with van der Waals surface area (Å²) in [5.74, 6) is -0.108. The molecule has 1 heterocycles. The van der Waals surface area contributed by atoms with Gasteiger partial charge in [0.05, 0.1) is 10.6 Å². The first-order valence-electron chi connectivity index (χ1n) is 7.10. The first kappa shape index (κ1) is 14.7. The highest BCUT2D eigenvalue weighted by Gasteiger charge is 2.12. The van der Waals surface area contributed by atoms with Crippen LogP contribution in [0.15, 0.2) is 54.6 Å². The van der Waals surface area contributed by atoms with Crippen LogP contribution in [0.5, 0.6) is 0 Å². The number of nitro benzene ring substituents is 1. The van der Waals surface area contributed by atoms with E-state index < -0.39 is 4.92 Å². The average Bonchev–Trinajstić information content (AvgIpc) is 2.96. The molecule has 0 unspecified atom stereocenters. The van der Waals surface area contributed by atoms with Gasteiger partial charge >= 0.3 is 0 Å². The predicted molar refractivity (Wildman–Crippen MR) is 89.9 cm³/mol. The van der Waals surface area contributed by atoms with Crippen molar-refractivity contribution in [2.45, 2.75) is 6.92 Å². The Morgan fingerprint density at radius 1 is 1.13 bits per heavy atom. The largest absolute Gasteiger partial charge is 0.354 e. The molecule has 0 radical (unpaired) electrons. The lowest BCUT2D eigenvalue weighted by molar-refractivity contribution is -0.384. The Morgan fingerprint density at radius 2 is 1.91 bits per heavy atom. The standard InChI is InChI=1S/C18H14N2O3/c1-12(21)16(10-13-5-4-7-15(9-13)20(22)23)18-11-14-6-2-3-8-17(14)19-18/h2-11,19H,1H3/b16-10+. The first-order valence-corrected chi connectivity index (χ1v) is 7.10. The van der Waals surface area contributed by atoms with Crippen molar-refractivity contribution in [1.82, 2.24) is 4.98 Å². The SMILES string of the molecule is CC(=O)/C(=C\c1cccc([N+](=O)[O-])c1)c1cc2ccccc2[nH]1. The molecule has 0 aliphatic carbocycles. The number of hydrogen-bond donors (Lipinski definition) is 1. The van der Waals surface area contributed by atoms with E-state index in [1.807, 2.05) is 30.3 Å². The highest BCUT2D eigenvalue weighted by atomic mass is 16.6. The number of nitro groups is 1. The molecule has 0 aliphatic heterocycles. The summed E-state index contributed by atoms with van der Waals surface area (Å²) < 4.78 is 0. The molecular weight excluding hydrogens is 292 g/mol. The molecule has 0 amide bonds. The van der Waals surface area contributed by atoms with Crippen LogP contribution in [0.4, 0.5) is 5.69 Å². The molecule has 1 aromatic heterocycles. The number of Topliss-reactive ketones (excluding diaryl/α,β-unsaturated/α-hetero) is 1. The van der Waals surface area contributed by atoms with Gasteiger partial charge in [-0.15, -0.1) is 0 Å². The third kappa shape index (κ3) is 3.03. The number of ketones is 1. The molecule has 3 aromatic rings. The molecule has 0 aliphatic rings.